The number of amides is 2. The lowest BCUT2D eigenvalue weighted by Crippen LogP contribution is -2.36. The number of carbonyl (C=O) groups is 2. The summed E-state index contributed by atoms with van der Waals surface area (Å²) in [7, 11) is 0. The summed E-state index contributed by atoms with van der Waals surface area (Å²) in [6.45, 7) is 1.83. The van der Waals surface area contributed by atoms with Gasteiger partial charge in [-0.3, -0.25) is 15.0 Å². The summed E-state index contributed by atoms with van der Waals surface area (Å²) in [6.07, 6.45) is 1.33. The lowest BCUT2D eigenvalue weighted by Gasteiger charge is -2.09. The minimum absolute atomic E-state index is 0.170. The second kappa shape index (κ2) is 7.47. The molecule has 2 aromatic rings. The Morgan fingerprint density at radius 1 is 1.04 bits per heavy atom. The Kier molecular flexibility index (Phi) is 4.93. The zero-order chi connectivity index (χ0) is 18.5. The van der Waals surface area contributed by atoms with Gasteiger partial charge in [0.15, 0.2) is 11.5 Å². The largest absolute Gasteiger partial charge is 0.454 e. The topological polar surface area (TPSA) is 115 Å². The molecule has 2 amide bonds. The van der Waals surface area contributed by atoms with E-state index < -0.39 is 0 Å². The summed E-state index contributed by atoms with van der Waals surface area (Å²) in [4.78, 5) is 24.0. The molecular weight excluding hydrogens is 336 g/mol. The van der Waals surface area contributed by atoms with E-state index in [4.69, 9.17) is 15.2 Å². The number of nitrogens with one attached hydrogen (secondary N) is 3. The number of allylic oxidation sites excluding steroid dienone is 1. The van der Waals surface area contributed by atoms with Crippen molar-refractivity contribution in [1.82, 2.24) is 10.9 Å². The predicted octanol–water partition coefficient (Wildman–Crippen LogP) is 1.77. The molecule has 1 aliphatic rings. The highest BCUT2D eigenvalue weighted by atomic mass is 16.7. The maximum absolute atomic E-state index is 12.0. The van der Waals surface area contributed by atoms with Crippen LogP contribution in [-0.4, -0.2) is 18.6 Å². The zero-order valence-corrected chi connectivity index (χ0v) is 14.0. The summed E-state index contributed by atoms with van der Waals surface area (Å²) in [5, 5.41) is 2.71. The van der Waals surface area contributed by atoms with Gasteiger partial charge in [-0.25, -0.2) is 0 Å². The third-order valence-corrected chi connectivity index (χ3v) is 3.53. The average molecular weight is 354 g/mol. The molecule has 0 unspecified atom stereocenters. The Bertz CT molecular complexity index is 862. The Hall–Kier alpha value is -3.68. The Morgan fingerprint density at radius 2 is 1.77 bits per heavy atom. The molecule has 8 nitrogen and oxygen atoms in total. The second-order valence-electron chi connectivity index (χ2n) is 5.59. The van der Waals surface area contributed by atoms with Crippen molar-refractivity contribution in [3.63, 3.8) is 0 Å². The molecule has 2 aromatic carbocycles. The van der Waals surface area contributed by atoms with Crippen LogP contribution in [0.25, 0.3) is 0 Å². The van der Waals surface area contributed by atoms with Crippen LogP contribution >= 0.6 is 0 Å². The number of hydrogen-bond donors (Lipinski definition) is 4. The van der Waals surface area contributed by atoms with E-state index in [0.29, 0.717) is 34.1 Å². The van der Waals surface area contributed by atoms with E-state index in [-0.39, 0.29) is 18.6 Å². The Balaban J connectivity index is 1.53. The van der Waals surface area contributed by atoms with Crippen molar-refractivity contribution in [3.05, 3.63) is 59.8 Å². The van der Waals surface area contributed by atoms with Crippen LogP contribution in [0.15, 0.2) is 54.2 Å². The number of ether oxygens (including phenoxy) is 2. The number of hydrazine groups is 1. The Labute approximate surface area is 149 Å². The average Bonchev–Trinajstić information content (AvgIpc) is 3.08. The number of hydrogen-bond acceptors (Lipinski definition) is 6. The van der Waals surface area contributed by atoms with Gasteiger partial charge in [-0.2, -0.15) is 0 Å². The van der Waals surface area contributed by atoms with Crippen LogP contribution < -0.4 is 31.4 Å². The molecule has 0 aromatic heterocycles. The predicted molar refractivity (Wildman–Crippen MR) is 96.4 cm³/mol. The normalized spacial score (nSPS) is 12.4. The van der Waals surface area contributed by atoms with Gasteiger partial charge in [0.2, 0.25) is 12.7 Å². The first-order valence-electron chi connectivity index (χ1n) is 7.82. The summed E-state index contributed by atoms with van der Waals surface area (Å²) >= 11 is 0. The third kappa shape index (κ3) is 4.23. The first kappa shape index (κ1) is 17.2. The van der Waals surface area contributed by atoms with Gasteiger partial charge < -0.3 is 25.9 Å². The number of fused-ring (bicyclic) bond motifs is 1. The highest BCUT2D eigenvalue weighted by Crippen LogP contribution is 2.34. The SMILES string of the molecule is C/C(=C/C(=O)Nc1ccc2c(c1)OCO2)NNC(=O)c1ccc(N)cc1. The van der Waals surface area contributed by atoms with Gasteiger partial charge in [0.1, 0.15) is 0 Å². The van der Waals surface area contributed by atoms with Crippen LogP contribution in [0.2, 0.25) is 0 Å². The number of rotatable bonds is 5. The van der Waals surface area contributed by atoms with Crippen molar-refractivity contribution in [2.24, 2.45) is 0 Å². The van der Waals surface area contributed by atoms with Crippen molar-refractivity contribution in [2.45, 2.75) is 6.92 Å². The standard InChI is InChI=1S/C18H18N4O4/c1-11(21-22-18(24)12-2-4-13(19)5-3-12)8-17(23)20-14-6-7-15-16(9-14)26-10-25-15/h2-9,21H,10,19H2,1H3,(H,20,23)(H,22,24)/b11-8-. The van der Waals surface area contributed by atoms with Crippen LogP contribution in [0.5, 0.6) is 11.5 Å². The molecule has 1 aliphatic heterocycles. The highest BCUT2D eigenvalue weighted by Gasteiger charge is 2.13. The molecule has 26 heavy (non-hydrogen) atoms. The van der Waals surface area contributed by atoms with Crippen molar-refractivity contribution in [1.29, 1.82) is 0 Å². The fourth-order valence-electron chi connectivity index (χ4n) is 2.25. The first-order valence-corrected chi connectivity index (χ1v) is 7.82. The number of benzene rings is 2. The molecule has 0 saturated heterocycles. The maximum atomic E-state index is 12.0. The van der Waals surface area contributed by atoms with Gasteiger partial charge >= 0.3 is 0 Å². The fraction of sp³-hybridized carbons (Fsp3) is 0.111. The quantitative estimate of drug-likeness (QED) is 0.370. The van der Waals surface area contributed by atoms with E-state index in [9.17, 15) is 9.59 Å². The number of anilines is 2. The molecule has 3 rings (SSSR count). The van der Waals surface area contributed by atoms with Crippen LogP contribution in [0.1, 0.15) is 17.3 Å². The number of carbonyl (C=O) groups excluding carboxylic acids is 2. The lowest BCUT2D eigenvalue weighted by atomic mass is 10.2. The van der Waals surface area contributed by atoms with Gasteiger partial charge in [0.05, 0.1) is 0 Å². The van der Waals surface area contributed by atoms with Gasteiger partial charge in [-0.1, -0.05) is 0 Å². The number of nitrogens with two attached hydrogens (primary N) is 1. The van der Waals surface area contributed by atoms with E-state index in [0.717, 1.165) is 0 Å². The monoisotopic (exact) mass is 354 g/mol. The molecule has 0 saturated carbocycles. The molecule has 0 aliphatic carbocycles. The molecule has 5 N–H and O–H groups in total. The van der Waals surface area contributed by atoms with Gasteiger partial charge in [0, 0.05) is 34.8 Å². The maximum Gasteiger partial charge on any atom is 0.269 e. The molecule has 0 atom stereocenters. The van der Waals surface area contributed by atoms with Crippen LogP contribution in [-0.2, 0) is 4.79 Å². The summed E-state index contributed by atoms with van der Waals surface area (Å²) in [5.74, 6) is 0.531. The zero-order valence-electron chi connectivity index (χ0n) is 14.0. The van der Waals surface area contributed by atoms with Gasteiger partial charge in [0.25, 0.3) is 5.91 Å². The first-order chi connectivity index (χ1) is 12.5. The van der Waals surface area contributed by atoms with E-state index in [1.54, 1.807) is 49.4 Å². The van der Waals surface area contributed by atoms with E-state index in [2.05, 4.69) is 16.2 Å². The number of nitrogen functional groups attached to an aromatic ring is 1. The molecule has 1 heterocycles. The van der Waals surface area contributed by atoms with Crippen molar-refractivity contribution < 1.29 is 19.1 Å². The minimum atomic E-state index is -0.351. The van der Waals surface area contributed by atoms with Crippen LogP contribution in [0.4, 0.5) is 11.4 Å². The molecule has 8 heteroatoms. The smallest absolute Gasteiger partial charge is 0.269 e. The van der Waals surface area contributed by atoms with E-state index in [1.165, 1.54) is 6.08 Å². The van der Waals surface area contributed by atoms with Crippen LogP contribution in [0, 0.1) is 0 Å². The molecule has 0 spiro atoms. The summed E-state index contributed by atoms with van der Waals surface area (Å²) in [6, 6.07) is 11.6. The van der Waals surface area contributed by atoms with E-state index >= 15 is 0 Å². The van der Waals surface area contributed by atoms with Gasteiger partial charge in [-0.05, 0) is 43.3 Å². The Morgan fingerprint density at radius 3 is 2.54 bits per heavy atom. The van der Waals surface area contributed by atoms with Crippen molar-refractivity contribution in [3.8, 4) is 11.5 Å². The van der Waals surface area contributed by atoms with E-state index in [1.807, 2.05) is 0 Å². The lowest BCUT2D eigenvalue weighted by molar-refractivity contribution is -0.112. The molecule has 0 bridgehead atoms. The summed E-state index contributed by atoms with van der Waals surface area (Å²) < 4.78 is 10.5. The molecule has 0 radical (unpaired) electrons. The van der Waals surface area contributed by atoms with Crippen molar-refractivity contribution in [2.75, 3.05) is 17.8 Å². The fourth-order valence-corrected chi connectivity index (χ4v) is 2.25. The summed E-state index contributed by atoms with van der Waals surface area (Å²) in [5.41, 5.74) is 12.8. The molecular formula is C18H18N4O4. The third-order valence-electron chi connectivity index (χ3n) is 3.53. The van der Waals surface area contributed by atoms with Crippen molar-refractivity contribution >= 4 is 23.2 Å². The second-order valence-corrected chi connectivity index (χ2v) is 5.59. The molecule has 0 fully saturated rings. The van der Waals surface area contributed by atoms with Gasteiger partial charge in [-0.15, -0.1) is 0 Å². The van der Waals surface area contributed by atoms with Crippen LogP contribution in [0.3, 0.4) is 0 Å². The highest BCUT2D eigenvalue weighted by molar-refractivity contribution is 6.00. The minimum Gasteiger partial charge on any atom is -0.454 e. The molecule has 134 valence electrons.